The highest BCUT2D eigenvalue weighted by Crippen LogP contribution is 2.27. The van der Waals surface area contributed by atoms with Gasteiger partial charge < -0.3 is 9.84 Å². The molecule has 0 spiro atoms. The maximum atomic E-state index is 10.3. The number of thioether (sulfide) groups is 1. The summed E-state index contributed by atoms with van der Waals surface area (Å²) in [5.74, 6) is 1.38. The van der Waals surface area contributed by atoms with E-state index in [2.05, 4.69) is 0 Å². The Morgan fingerprint density at radius 2 is 1.86 bits per heavy atom. The van der Waals surface area contributed by atoms with Crippen LogP contribution >= 0.6 is 23.4 Å². The molecule has 2 aromatic rings. The molecule has 0 radical (unpaired) electrons. The van der Waals surface area contributed by atoms with Crippen LogP contribution in [0.2, 0.25) is 5.02 Å². The first kappa shape index (κ1) is 16.2. The van der Waals surface area contributed by atoms with Crippen molar-refractivity contribution >= 4 is 23.4 Å². The normalized spacial score (nSPS) is 12.4. The van der Waals surface area contributed by atoms with Crippen LogP contribution < -0.4 is 4.74 Å². The van der Waals surface area contributed by atoms with Crippen molar-refractivity contribution in [2.45, 2.75) is 31.0 Å². The molecule has 2 nitrogen and oxygen atoms in total. The van der Waals surface area contributed by atoms with Crippen molar-refractivity contribution in [3.05, 3.63) is 59.1 Å². The van der Waals surface area contributed by atoms with Gasteiger partial charge in [-0.05, 0) is 55.8 Å². The van der Waals surface area contributed by atoms with Crippen LogP contribution in [-0.2, 0) is 0 Å². The third-order valence-corrected chi connectivity index (χ3v) is 4.18. The average molecular weight is 323 g/mol. The molecule has 0 saturated carbocycles. The first-order valence-corrected chi connectivity index (χ1v) is 8.24. The van der Waals surface area contributed by atoms with Gasteiger partial charge in [0.15, 0.2) is 0 Å². The molecule has 1 unspecified atom stereocenters. The first-order valence-electron chi connectivity index (χ1n) is 6.87. The Bertz CT molecular complexity index is 569. The Morgan fingerprint density at radius 3 is 2.52 bits per heavy atom. The van der Waals surface area contributed by atoms with Crippen molar-refractivity contribution in [3.8, 4) is 5.75 Å². The summed E-state index contributed by atoms with van der Waals surface area (Å²) < 4.78 is 5.65. The molecule has 0 heterocycles. The monoisotopic (exact) mass is 322 g/mol. The summed E-state index contributed by atoms with van der Waals surface area (Å²) in [5.41, 5.74) is 0.870. The topological polar surface area (TPSA) is 29.5 Å². The number of hydrogen-bond acceptors (Lipinski definition) is 3. The van der Waals surface area contributed by atoms with Crippen molar-refractivity contribution in [1.82, 2.24) is 0 Å². The van der Waals surface area contributed by atoms with Gasteiger partial charge in [-0.2, -0.15) is 0 Å². The van der Waals surface area contributed by atoms with Gasteiger partial charge in [-0.25, -0.2) is 0 Å². The van der Waals surface area contributed by atoms with E-state index in [-0.39, 0.29) is 6.10 Å². The summed E-state index contributed by atoms with van der Waals surface area (Å²) in [4.78, 5) is 1.09. The van der Waals surface area contributed by atoms with Gasteiger partial charge in [0.05, 0.1) is 12.2 Å². The largest absolute Gasteiger partial charge is 0.491 e. The molecule has 21 heavy (non-hydrogen) atoms. The molecule has 1 atom stereocenters. The molecule has 2 aromatic carbocycles. The van der Waals surface area contributed by atoms with E-state index < -0.39 is 6.10 Å². The molecule has 0 aliphatic heterocycles. The molecule has 1 N–H and O–H groups in total. The predicted octanol–water partition coefficient (Wildman–Crippen LogP) is 4.95. The first-order chi connectivity index (χ1) is 10.0. The van der Waals surface area contributed by atoms with Crippen molar-refractivity contribution < 1.29 is 9.84 Å². The Balaban J connectivity index is 1.96. The molecule has 0 saturated heterocycles. The molecule has 0 amide bonds. The molecule has 0 aromatic heterocycles. The summed E-state index contributed by atoms with van der Waals surface area (Å²) in [5, 5.41) is 11.0. The number of hydrogen-bond donors (Lipinski definition) is 1. The van der Waals surface area contributed by atoms with Gasteiger partial charge >= 0.3 is 0 Å². The lowest BCUT2D eigenvalue weighted by molar-refractivity contribution is 0.201. The van der Waals surface area contributed by atoms with Gasteiger partial charge in [-0.3, -0.25) is 0 Å². The zero-order chi connectivity index (χ0) is 15.2. The van der Waals surface area contributed by atoms with E-state index in [4.69, 9.17) is 16.3 Å². The van der Waals surface area contributed by atoms with Crippen LogP contribution in [0.5, 0.6) is 5.75 Å². The molecular formula is C17H19ClO2S. The van der Waals surface area contributed by atoms with Gasteiger partial charge in [0.25, 0.3) is 0 Å². The fraction of sp³-hybridized carbons (Fsp3) is 0.294. The van der Waals surface area contributed by atoms with E-state index in [0.717, 1.165) is 21.2 Å². The Labute approximate surface area is 135 Å². The van der Waals surface area contributed by atoms with Crippen LogP contribution in [0.3, 0.4) is 0 Å². The van der Waals surface area contributed by atoms with Gasteiger partial charge in [0.1, 0.15) is 5.75 Å². The Kier molecular flexibility index (Phi) is 5.97. The zero-order valence-electron chi connectivity index (χ0n) is 12.1. The highest BCUT2D eigenvalue weighted by Gasteiger charge is 2.10. The second-order valence-corrected chi connectivity index (χ2v) is 6.55. The predicted molar refractivity (Wildman–Crippen MR) is 89.3 cm³/mol. The van der Waals surface area contributed by atoms with Gasteiger partial charge in [-0.15, -0.1) is 11.8 Å². The molecular weight excluding hydrogens is 304 g/mol. The average Bonchev–Trinajstić information content (AvgIpc) is 2.46. The third-order valence-electron chi connectivity index (χ3n) is 2.84. The van der Waals surface area contributed by atoms with E-state index in [1.54, 1.807) is 11.8 Å². The maximum Gasteiger partial charge on any atom is 0.120 e. The van der Waals surface area contributed by atoms with Crippen LogP contribution in [0.4, 0.5) is 0 Å². The fourth-order valence-electron chi connectivity index (χ4n) is 1.87. The van der Waals surface area contributed by atoms with E-state index in [9.17, 15) is 5.11 Å². The number of ether oxygens (including phenoxy) is 1. The van der Waals surface area contributed by atoms with E-state index in [1.807, 2.05) is 62.4 Å². The maximum absolute atomic E-state index is 10.3. The van der Waals surface area contributed by atoms with Crippen molar-refractivity contribution in [3.63, 3.8) is 0 Å². The molecule has 112 valence electrons. The van der Waals surface area contributed by atoms with Crippen LogP contribution in [-0.4, -0.2) is 17.0 Å². The van der Waals surface area contributed by atoms with Gasteiger partial charge in [-0.1, -0.05) is 23.7 Å². The summed E-state index contributed by atoms with van der Waals surface area (Å²) in [6, 6.07) is 15.2. The highest BCUT2D eigenvalue weighted by molar-refractivity contribution is 7.99. The Hall–Kier alpha value is -1.16. The smallest absolute Gasteiger partial charge is 0.120 e. The second kappa shape index (κ2) is 7.74. The molecule has 2 rings (SSSR count). The number of halogens is 1. The number of benzene rings is 2. The summed E-state index contributed by atoms with van der Waals surface area (Å²) in [7, 11) is 0. The fourth-order valence-corrected chi connectivity index (χ4v) is 2.87. The lowest BCUT2D eigenvalue weighted by Gasteiger charge is -2.14. The third kappa shape index (κ3) is 5.27. The molecule has 4 heteroatoms. The summed E-state index contributed by atoms with van der Waals surface area (Å²) in [6.07, 6.45) is -0.401. The van der Waals surface area contributed by atoms with Gasteiger partial charge in [0, 0.05) is 15.7 Å². The quantitative estimate of drug-likeness (QED) is 0.763. The minimum Gasteiger partial charge on any atom is -0.491 e. The number of rotatable bonds is 6. The standard InChI is InChI=1S/C17H19ClO2S/c1-12(2)20-15-5-3-4-13(10-15)17(19)11-21-16-8-6-14(18)7-9-16/h3-10,12,17,19H,11H2,1-2H3. The van der Waals surface area contributed by atoms with E-state index in [0.29, 0.717) is 5.75 Å². The van der Waals surface area contributed by atoms with Crippen LogP contribution in [0.1, 0.15) is 25.5 Å². The number of aliphatic hydroxyl groups excluding tert-OH is 1. The molecule has 0 fully saturated rings. The van der Waals surface area contributed by atoms with Crippen LogP contribution in [0.25, 0.3) is 0 Å². The minimum atomic E-state index is -0.526. The second-order valence-electron chi connectivity index (χ2n) is 5.02. The van der Waals surface area contributed by atoms with Crippen LogP contribution in [0.15, 0.2) is 53.4 Å². The summed E-state index contributed by atoms with van der Waals surface area (Å²) in [6.45, 7) is 3.97. The molecule has 0 aliphatic rings. The van der Waals surface area contributed by atoms with E-state index in [1.165, 1.54) is 0 Å². The SMILES string of the molecule is CC(C)Oc1cccc(C(O)CSc2ccc(Cl)cc2)c1. The lowest BCUT2D eigenvalue weighted by Crippen LogP contribution is -2.07. The summed E-state index contributed by atoms with van der Waals surface area (Å²) >= 11 is 7.46. The Morgan fingerprint density at radius 1 is 1.14 bits per heavy atom. The lowest BCUT2D eigenvalue weighted by atomic mass is 10.1. The van der Waals surface area contributed by atoms with Crippen LogP contribution in [0, 0.1) is 0 Å². The molecule has 0 bridgehead atoms. The van der Waals surface area contributed by atoms with Crippen molar-refractivity contribution in [1.29, 1.82) is 0 Å². The molecule has 0 aliphatic carbocycles. The zero-order valence-corrected chi connectivity index (χ0v) is 13.7. The van der Waals surface area contributed by atoms with Gasteiger partial charge in [0.2, 0.25) is 0 Å². The van der Waals surface area contributed by atoms with E-state index >= 15 is 0 Å². The minimum absolute atomic E-state index is 0.126. The highest BCUT2D eigenvalue weighted by atomic mass is 35.5. The number of aliphatic hydroxyl groups is 1. The van der Waals surface area contributed by atoms with Crippen molar-refractivity contribution in [2.75, 3.05) is 5.75 Å². The van der Waals surface area contributed by atoms with Crippen molar-refractivity contribution in [2.24, 2.45) is 0 Å².